The average molecular weight is 834 g/mol. The number of hydrogen-bond donors (Lipinski definition) is 1. The second-order valence-electron chi connectivity index (χ2n) is 13.5. The van der Waals surface area contributed by atoms with E-state index in [-0.39, 0.29) is 72.0 Å². The topological polar surface area (TPSA) is 152 Å². The number of carbonyl (C=O) groups excluding carboxylic acids is 1. The van der Waals surface area contributed by atoms with Crippen molar-refractivity contribution in [3.05, 3.63) is 46.0 Å². The summed E-state index contributed by atoms with van der Waals surface area (Å²) >= 11 is 13.1. The number of nitrogen functional groups attached to an aromatic ring is 1. The summed E-state index contributed by atoms with van der Waals surface area (Å²) < 4.78 is 55.6. The molecule has 19 heteroatoms. The lowest BCUT2D eigenvalue weighted by atomic mass is 9.96. The fourth-order valence-electron chi connectivity index (χ4n) is 6.89. The molecule has 5 aromatic rings. The zero-order valence-electron chi connectivity index (χ0n) is 31.3. The van der Waals surface area contributed by atoms with Crippen LogP contribution in [0.25, 0.3) is 32.1 Å². The lowest BCUT2D eigenvalue weighted by Gasteiger charge is -2.29. The third-order valence-electron chi connectivity index (χ3n) is 9.61. The number of thiophene rings is 1. The highest BCUT2D eigenvalue weighted by atomic mass is 35.5. The highest BCUT2D eigenvalue weighted by molar-refractivity contribution is 7.23. The van der Waals surface area contributed by atoms with Crippen molar-refractivity contribution in [2.45, 2.75) is 58.2 Å². The number of methoxy groups -OCH3 is 1. The minimum Gasteiger partial charge on any atom is -0.489 e. The molecular weight excluding hydrogens is 792 g/mol. The maximum atomic E-state index is 16.1. The summed E-state index contributed by atoms with van der Waals surface area (Å²) in [5, 5.41) is 14.0. The number of nitrogens with zero attached hydrogens (tertiary/aromatic N) is 9. The summed E-state index contributed by atoms with van der Waals surface area (Å²) in [6.45, 7) is 8.45. The number of ether oxygens (including phenoxy) is 2. The van der Waals surface area contributed by atoms with Gasteiger partial charge in [-0.25, -0.2) is 22.9 Å². The van der Waals surface area contributed by atoms with Crippen LogP contribution in [0.1, 0.15) is 51.5 Å². The zero-order chi connectivity index (χ0) is 40.3. The number of benzene rings is 2. The van der Waals surface area contributed by atoms with E-state index in [0.717, 1.165) is 48.5 Å². The standard InChI is InChI=1S/C21H14ClF2N5O2S.C7H12FN.C6H7ClN4O.C3H8/c1-29-5-6-31-17-13-16(27-21(30-2)28-20(13)29)15(24)12(14(17)22)8-3-4-10(23)18-11(8)9(7-25)19(26)32-18;8-6-4-7-2-1-3-9(7)5-6;7-5-8-4-11(9-5)6(12)10-2-1-3-10;1-3-2/h3-4H,5-6,26H2,1-2H3;6-7H,1-5H2;4H,1-3H2;3H2,1-2H3. The highest BCUT2D eigenvalue weighted by Gasteiger charge is 2.35. The van der Waals surface area contributed by atoms with Crippen molar-refractivity contribution in [2.24, 2.45) is 0 Å². The number of likely N-dealkylation sites (N-methyl/N-ethyl adjacent to an activating group) is 1. The third kappa shape index (κ3) is 8.11. The molecule has 7 heterocycles. The van der Waals surface area contributed by atoms with Crippen LogP contribution < -0.4 is 20.1 Å². The third-order valence-corrected chi connectivity index (χ3v) is 11.2. The van der Waals surface area contributed by atoms with Crippen LogP contribution in [-0.2, 0) is 0 Å². The number of hydrogen-bond acceptors (Lipinski definition) is 12. The SMILES string of the molecule is CCC.COc1nc2c3c(c(Cl)c(-c4ccc(F)c5sc(N)c(C#N)c45)c(F)c3n1)OCCN2C.FC1CC2CCCN2C1.O=C(N1CCC1)n1cnc(Cl)n1. The van der Waals surface area contributed by atoms with Crippen LogP contribution in [0.3, 0.4) is 0 Å². The first-order valence-corrected chi connectivity index (χ1v) is 19.7. The number of fused-ring (bicyclic) bond motifs is 2. The number of halogens is 5. The molecule has 2 N–H and O–H groups in total. The van der Waals surface area contributed by atoms with Gasteiger partial charge in [-0.3, -0.25) is 4.90 Å². The summed E-state index contributed by atoms with van der Waals surface area (Å²) in [5.74, 6) is -0.717. The van der Waals surface area contributed by atoms with Crippen LogP contribution in [-0.4, -0.2) is 106 Å². The molecule has 0 saturated carbocycles. The Morgan fingerprint density at radius 1 is 1.14 bits per heavy atom. The van der Waals surface area contributed by atoms with Gasteiger partial charge in [0, 0.05) is 43.7 Å². The Kier molecular flexibility index (Phi) is 12.9. The van der Waals surface area contributed by atoms with Gasteiger partial charge >= 0.3 is 12.0 Å². The van der Waals surface area contributed by atoms with Crippen LogP contribution in [0.2, 0.25) is 10.3 Å². The number of nitrogens with two attached hydrogens (primary N) is 1. The molecule has 0 aliphatic carbocycles. The van der Waals surface area contributed by atoms with Crippen molar-refractivity contribution in [1.29, 1.82) is 5.26 Å². The van der Waals surface area contributed by atoms with Crippen LogP contribution in [0, 0.1) is 23.0 Å². The highest BCUT2D eigenvalue weighted by Crippen LogP contribution is 2.50. The van der Waals surface area contributed by atoms with Crippen molar-refractivity contribution >= 4 is 72.4 Å². The van der Waals surface area contributed by atoms with Gasteiger partial charge in [-0.1, -0.05) is 37.9 Å². The molecule has 4 aliphatic rings. The van der Waals surface area contributed by atoms with Gasteiger partial charge in [0.25, 0.3) is 0 Å². The molecule has 1 amide bonds. The van der Waals surface area contributed by atoms with Gasteiger partial charge in [0.2, 0.25) is 5.28 Å². The summed E-state index contributed by atoms with van der Waals surface area (Å²) in [6, 6.07) is 4.97. The molecule has 0 spiro atoms. The van der Waals surface area contributed by atoms with Crippen LogP contribution in [0.15, 0.2) is 18.5 Å². The van der Waals surface area contributed by atoms with E-state index < -0.39 is 17.8 Å². The van der Waals surface area contributed by atoms with Gasteiger partial charge in [-0.05, 0) is 55.5 Å². The summed E-state index contributed by atoms with van der Waals surface area (Å²) in [7, 11) is 3.17. The number of carbonyl (C=O) groups is 1. The number of nitriles is 1. The van der Waals surface area contributed by atoms with E-state index in [1.165, 1.54) is 44.8 Å². The number of likely N-dealkylation sites (tertiary alicyclic amines) is 1. The minimum atomic E-state index is -0.767. The summed E-state index contributed by atoms with van der Waals surface area (Å²) in [5.41, 5.74) is 6.09. The zero-order valence-corrected chi connectivity index (χ0v) is 33.6. The number of aromatic nitrogens is 5. The van der Waals surface area contributed by atoms with Crippen molar-refractivity contribution < 1.29 is 27.4 Å². The Balaban J connectivity index is 0.000000178. The van der Waals surface area contributed by atoms with Crippen molar-refractivity contribution in [3.8, 4) is 29.0 Å². The Labute approximate surface area is 335 Å². The van der Waals surface area contributed by atoms with Gasteiger partial charge in [0.15, 0.2) is 11.6 Å². The molecule has 0 bridgehead atoms. The molecule has 3 fully saturated rings. The largest absolute Gasteiger partial charge is 0.489 e. The quantitative estimate of drug-likeness (QED) is 0.185. The first kappa shape index (κ1) is 41.0. The lowest BCUT2D eigenvalue weighted by Crippen LogP contribution is -2.44. The van der Waals surface area contributed by atoms with Crippen LogP contribution >= 0.6 is 34.5 Å². The second-order valence-corrected chi connectivity index (χ2v) is 15.3. The second kappa shape index (κ2) is 17.7. The molecule has 9 rings (SSSR count). The van der Waals surface area contributed by atoms with Crippen molar-refractivity contribution in [3.63, 3.8) is 0 Å². The monoisotopic (exact) mass is 832 g/mol. The Morgan fingerprint density at radius 2 is 1.89 bits per heavy atom. The number of rotatable bonds is 2. The van der Waals surface area contributed by atoms with E-state index in [1.54, 1.807) is 16.8 Å². The predicted molar refractivity (Wildman–Crippen MR) is 212 cm³/mol. The molecule has 0 radical (unpaired) electrons. The molecular formula is C37H41Cl2F3N10O3S. The average Bonchev–Trinajstić information content (AvgIpc) is 3.92. The van der Waals surface area contributed by atoms with Gasteiger partial charge in [0.1, 0.15) is 47.3 Å². The van der Waals surface area contributed by atoms with Crippen molar-refractivity contribution in [1.82, 2.24) is 34.5 Å². The fourth-order valence-corrected chi connectivity index (χ4v) is 8.30. The Bertz CT molecular complexity index is 2270. The fraction of sp³-hybridized carbons (Fsp3) is 0.459. The van der Waals surface area contributed by atoms with E-state index >= 15 is 4.39 Å². The van der Waals surface area contributed by atoms with Gasteiger partial charge in [-0.15, -0.1) is 16.4 Å². The number of alkyl halides is 1. The van der Waals surface area contributed by atoms with Crippen LogP contribution in [0.5, 0.6) is 11.8 Å². The molecule has 13 nitrogen and oxygen atoms in total. The molecule has 56 heavy (non-hydrogen) atoms. The van der Waals surface area contributed by atoms with Crippen molar-refractivity contribution in [2.75, 3.05) is 64.1 Å². The molecule has 3 aromatic heterocycles. The summed E-state index contributed by atoms with van der Waals surface area (Å²) in [6.07, 6.45) is 6.45. The van der Waals surface area contributed by atoms with E-state index in [2.05, 4.69) is 38.8 Å². The summed E-state index contributed by atoms with van der Waals surface area (Å²) in [4.78, 5) is 29.3. The lowest BCUT2D eigenvalue weighted by molar-refractivity contribution is 0.166. The number of amides is 1. The molecule has 3 saturated heterocycles. The first-order valence-electron chi connectivity index (χ1n) is 18.2. The van der Waals surface area contributed by atoms with Gasteiger partial charge < -0.3 is 25.0 Å². The normalized spacial score (nSPS) is 18.3. The number of anilines is 2. The smallest absolute Gasteiger partial charge is 0.346 e. The van der Waals surface area contributed by atoms with E-state index in [1.807, 2.05) is 6.07 Å². The predicted octanol–water partition coefficient (Wildman–Crippen LogP) is 7.95. The van der Waals surface area contributed by atoms with E-state index in [9.17, 15) is 18.8 Å². The Hall–Kier alpha value is -4.63. The maximum Gasteiger partial charge on any atom is 0.346 e. The van der Waals surface area contributed by atoms with E-state index in [0.29, 0.717) is 30.3 Å². The van der Waals surface area contributed by atoms with Gasteiger partial charge in [-0.2, -0.15) is 19.9 Å². The molecule has 298 valence electrons. The molecule has 2 atom stereocenters. The van der Waals surface area contributed by atoms with E-state index in [4.69, 9.17) is 38.4 Å². The van der Waals surface area contributed by atoms with Gasteiger partial charge in [0.05, 0.1) is 34.3 Å². The maximum absolute atomic E-state index is 16.1. The Morgan fingerprint density at radius 3 is 2.52 bits per heavy atom. The molecule has 4 aliphatic heterocycles. The molecule has 2 unspecified atom stereocenters. The minimum absolute atomic E-state index is 0.0260. The first-order chi connectivity index (χ1) is 26.9. The molecule has 2 aromatic carbocycles. The van der Waals surface area contributed by atoms with Crippen LogP contribution in [0.4, 0.5) is 28.8 Å².